The normalized spacial score (nSPS) is 12.8. The lowest BCUT2D eigenvalue weighted by Crippen LogP contribution is -2.15. The topological polar surface area (TPSA) is 118 Å². The maximum absolute atomic E-state index is 12.4. The maximum atomic E-state index is 12.4. The number of carbonyl (C=O) groups excluding carboxylic acids is 2. The van der Waals surface area contributed by atoms with Gasteiger partial charge in [0.05, 0.1) is 12.2 Å². The smallest absolute Gasteiger partial charge is 0.248 e. The number of Topliss-reactive ketones (excluding diaryl/α,β-unsaturated/α-hetero) is 1. The van der Waals surface area contributed by atoms with Gasteiger partial charge in [-0.25, -0.2) is 4.98 Å². The van der Waals surface area contributed by atoms with E-state index in [1.807, 2.05) is 12.1 Å². The van der Waals surface area contributed by atoms with E-state index in [1.165, 1.54) is 0 Å². The number of hydrogen-bond acceptors (Lipinski definition) is 6. The standard InChI is InChI=1S/C22H19N3O4/c23-21-8-13(4-6-25-21)12-29-19-11-20-17(18(26)5-7-28-20)10-16(19)14-2-1-3-15(9-14)22(24)27/h1-4,6,8-11H,5,7,12H2,(H2,23,25)(H2,24,27). The van der Waals surface area contributed by atoms with Gasteiger partial charge in [0.1, 0.15) is 23.9 Å². The van der Waals surface area contributed by atoms with Gasteiger partial charge in [0.25, 0.3) is 0 Å². The van der Waals surface area contributed by atoms with E-state index in [4.69, 9.17) is 20.9 Å². The molecular weight excluding hydrogens is 370 g/mol. The van der Waals surface area contributed by atoms with E-state index in [-0.39, 0.29) is 12.4 Å². The molecule has 0 unspecified atom stereocenters. The number of primary amides is 1. The van der Waals surface area contributed by atoms with Crippen LogP contribution in [-0.4, -0.2) is 23.3 Å². The molecule has 4 rings (SSSR count). The summed E-state index contributed by atoms with van der Waals surface area (Å²) in [6, 6.07) is 13.9. The molecule has 0 radical (unpaired) electrons. The number of amides is 1. The van der Waals surface area contributed by atoms with Crippen molar-refractivity contribution < 1.29 is 19.1 Å². The van der Waals surface area contributed by atoms with Crippen molar-refractivity contribution in [3.63, 3.8) is 0 Å². The van der Waals surface area contributed by atoms with Crippen LogP contribution in [0.3, 0.4) is 0 Å². The summed E-state index contributed by atoms with van der Waals surface area (Å²) in [7, 11) is 0. The molecule has 0 bridgehead atoms. The van der Waals surface area contributed by atoms with Gasteiger partial charge in [-0.15, -0.1) is 0 Å². The molecule has 146 valence electrons. The number of nitrogens with two attached hydrogens (primary N) is 2. The first kappa shape index (κ1) is 18.5. The van der Waals surface area contributed by atoms with Gasteiger partial charge in [-0.3, -0.25) is 9.59 Å². The third-order valence-electron chi connectivity index (χ3n) is 4.67. The average molecular weight is 389 g/mol. The highest BCUT2D eigenvalue weighted by atomic mass is 16.5. The van der Waals surface area contributed by atoms with Gasteiger partial charge in [-0.1, -0.05) is 12.1 Å². The number of fused-ring (bicyclic) bond motifs is 1. The van der Waals surface area contributed by atoms with Crippen molar-refractivity contribution in [2.45, 2.75) is 13.0 Å². The lowest BCUT2D eigenvalue weighted by molar-refractivity contribution is 0.0932. The molecule has 7 nitrogen and oxygen atoms in total. The molecule has 0 aliphatic carbocycles. The summed E-state index contributed by atoms with van der Waals surface area (Å²) in [6.07, 6.45) is 1.93. The van der Waals surface area contributed by atoms with Crippen molar-refractivity contribution in [1.82, 2.24) is 4.98 Å². The van der Waals surface area contributed by atoms with Gasteiger partial charge in [0.2, 0.25) is 5.91 Å². The van der Waals surface area contributed by atoms with E-state index in [1.54, 1.807) is 42.6 Å². The van der Waals surface area contributed by atoms with Gasteiger partial charge in [0, 0.05) is 29.8 Å². The molecule has 1 amide bonds. The van der Waals surface area contributed by atoms with E-state index in [0.29, 0.717) is 52.6 Å². The van der Waals surface area contributed by atoms with Crippen LogP contribution in [0.1, 0.15) is 32.7 Å². The monoisotopic (exact) mass is 389 g/mol. The first-order valence-electron chi connectivity index (χ1n) is 9.09. The molecule has 4 N–H and O–H groups in total. The van der Waals surface area contributed by atoms with Crippen LogP contribution < -0.4 is 20.9 Å². The number of benzene rings is 2. The Morgan fingerprint density at radius 2 is 2.00 bits per heavy atom. The molecule has 2 aromatic carbocycles. The van der Waals surface area contributed by atoms with Crippen LogP contribution >= 0.6 is 0 Å². The quantitative estimate of drug-likeness (QED) is 0.693. The molecule has 1 aromatic heterocycles. The van der Waals surface area contributed by atoms with Gasteiger partial charge in [-0.2, -0.15) is 0 Å². The van der Waals surface area contributed by atoms with Crippen molar-refractivity contribution in [1.29, 1.82) is 0 Å². The van der Waals surface area contributed by atoms with Gasteiger partial charge in [-0.05, 0) is 41.5 Å². The zero-order valence-corrected chi connectivity index (χ0v) is 15.6. The molecule has 0 spiro atoms. The average Bonchev–Trinajstić information content (AvgIpc) is 2.72. The van der Waals surface area contributed by atoms with Gasteiger partial charge >= 0.3 is 0 Å². The van der Waals surface area contributed by atoms with E-state index >= 15 is 0 Å². The Balaban J connectivity index is 1.77. The molecule has 1 aliphatic heterocycles. The highest BCUT2D eigenvalue weighted by Gasteiger charge is 2.22. The lowest BCUT2D eigenvalue weighted by atomic mass is 9.96. The molecule has 1 aliphatic rings. The number of ether oxygens (including phenoxy) is 2. The number of nitrogens with zero attached hydrogens (tertiary/aromatic N) is 1. The summed E-state index contributed by atoms with van der Waals surface area (Å²) in [5.74, 6) is 0.890. The Morgan fingerprint density at radius 1 is 1.14 bits per heavy atom. The molecule has 3 aromatic rings. The Labute approximate surface area is 167 Å². The Bertz CT molecular complexity index is 1110. The zero-order chi connectivity index (χ0) is 20.4. The predicted molar refractivity (Wildman–Crippen MR) is 108 cm³/mol. The lowest BCUT2D eigenvalue weighted by Gasteiger charge is -2.20. The minimum atomic E-state index is -0.529. The summed E-state index contributed by atoms with van der Waals surface area (Å²) in [5, 5.41) is 0. The number of anilines is 1. The van der Waals surface area contributed by atoms with Crippen molar-refractivity contribution in [3.8, 4) is 22.6 Å². The molecule has 0 saturated carbocycles. The summed E-state index contributed by atoms with van der Waals surface area (Å²) < 4.78 is 11.7. The largest absolute Gasteiger partial charge is 0.492 e. The third-order valence-corrected chi connectivity index (χ3v) is 4.67. The predicted octanol–water partition coefficient (Wildman–Crippen LogP) is 2.97. The van der Waals surface area contributed by atoms with E-state index in [9.17, 15) is 9.59 Å². The maximum Gasteiger partial charge on any atom is 0.248 e. The Kier molecular flexibility index (Phi) is 4.87. The molecule has 7 heteroatoms. The van der Waals surface area contributed by atoms with E-state index in [0.717, 1.165) is 5.56 Å². The van der Waals surface area contributed by atoms with Crippen LogP contribution in [0.15, 0.2) is 54.7 Å². The fraction of sp³-hybridized carbons (Fsp3) is 0.136. The number of carbonyl (C=O) groups is 2. The summed E-state index contributed by atoms with van der Waals surface area (Å²) in [6.45, 7) is 0.588. The first-order chi connectivity index (χ1) is 14.0. The Hall–Kier alpha value is -3.87. The number of ketones is 1. The summed E-state index contributed by atoms with van der Waals surface area (Å²) >= 11 is 0. The minimum absolute atomic E-state index is 0.00649. The van der Waals surface area contributed by atoms with Crippen molar-refractivity contribution in [3.05, 3.63) is 71.4 Å². The van der Waals surface area contributed by atoms with Crippen molar-refractivity contribution in [2.24, 2.45) is 5.73 Å². The second-order valence-electron chi connectivity index (χ2n) is 6.69. The molecule has 0 saturated heterocycles. The van der Waals surface area contributed by atoms with Crippen LogP contribution in [0.2, 0.25) is 0 Å². The van der Waals surface area contributed by atoms with E-state index in [2.05, 4.69) is 4.98 Å². The highest BCUT2D eigenvalue weighted by molar-refractivity contribution is 6.01. The number of pyridine rings is 1. The number of aromatic nitrogens is 1. The van der Waals surface area contributed by atoms with Crippen LogP contribution in [0.4, 0.5) is 5.82 Å². The van der Waals surface area contributed by atoms with Gasteiger partial charge in [0.15, 0.2) is 5.78 Å². The van der Waals surface area contributed by atoms with Crippen LogP contribution in [-0.2, 0) is 6.61 Å². The fourth-order valence-corrected chi connectivity index (χ4v) is 3.22. The third kappa shape index (κ3) is 3.89. The van der Waals surface area contributed by atoms with Crippen LogP contribution in [0, 0.1) is 0 Å². The van der Waals surface area contributed by atoms with Crippen molar-refractivity contribution >= 4 is 17.5 Å². The SMILES string of the molecule is NC(=O)c1cccc(-c2cc3c(cc2OCc2ccnc(N)c2)OCCC3=O)c1. The second-order valence-corrected chi connectivity index (χ2v) is 6.69. The highest BCUT2D eigenvalue weighted by Crippen LogP contribution is 2.39. The number of nitrogen functional groups attached to an aromatic ring is 1. The Morgan fingerprint density at radius 3 is 2.79 bits per heavy atom. The molecule has 29 heavy (non-hydrogen) atoms. The first-order valence-corrected chi connectivity index (χ1v) is 9.09. The van der Waals surface area contributed by atoms with Crippen LogP contribution in [0.25, 0.3) is 11.1 Å². The summed E-state index contributed by atoms with van der Waals surface area (Å²) in [5.41, 5.74) is 14.3. The van der Waals surface area contributed by atoms with Gasteiger partial charge < -0.3 is 20.9 Å². The van der Waals surface area contributed by atoms with E-state index < -0.39 is 5.91 Å². The minimum Gasteiger partial charge on any atom is -0.492 e. The number of rotatable bonds is 5. The van der Waals surface area contributed by atoms with Crippen molar-refractivity contribution in [2.75, 3.05) is 12.3 Å². The molecule has 0 atom stereocenters. The molecule has 0 fully saturated rings. The molecular formula is C22H19N3O4. The second kappa shape index (κ2) is 7.63. The molecule has 2 heterocycles. The zero-order valence-electron chi connectivity index (χ0n) is 15.6. The summed E-state index contributed by atoms with van der Waals surface area (Å²) in [4.78, 5) is 27.9. The fourth-order valence-electron chi connectivity index (χ4n) is 3.22. The number of hydrogen-bond donors (Lipinski definition) is 2. The van der Waals surface area contributed by atoms with Crippen LogP contribution in [0.5, 0.6) is 11.5 Å².